The van der Waals surface area contributed by atoms with Crippen LogP contribution in [0.15, 0.2) is 24.3 Å². The van der Waals surface area contributed by atoms with Crippen LogP contribution in [0.2, 0.25) is 0 Å². The van der Waals surface area contributed by atoms with Crippen molar-refractivity contribution < 1.29 is 4.79 Å². The zero-order valence-electron chi connectivity index (χ0n) is 21.9. The molecule has 0 saturated carbocycles. The number of fused-ring (bicyclic) bond motifs is 1. The summed E-state index contributed by atoms with van der Waals surface area (Å²) < 4.78 is 1.87. The van der Waals surface area contributed by atoms with Crippen LogP contribution in [0, 0.1) is 6.92 Å². The van der Waals surface area contributed by atoms with Gasteiger partial charge >= 0.3 is 0 Å². The number of rotatable bonds is 8. The molecular formula is C26H39N7OS. The maximum absolute atomic E-state index is 12.6. The van der Waals surface area contributed by atoms with Crippen LogP contribution in [0.1, 0.15) is 52.5 Å². The zero-order chi connectivity index (χ0) is 25.2. The molecule has 0 aliphatic carbocycles. The van der Waals surface area contributed by atoms with Gasteiger partial charge in [-0.05, 0) is 54.0 Å². The van der Waals surface area contributed by atoms with E-state index < -0.39 is 0 Å². The highest BCUT2D eigenvalue weighted by Crippen LogP contribution is 2.34. The minimum absolute atomic E-state index is 0.0124. The van der Waals surface area contributed by atoms with Gasteiger partial charge in [0.2, 0.25) is 16.0 Å². The van der Waals surface area contributed by atoms with Crippen molar-refractivity contribution in [1.29, 1.82) is 0 Å². The number of nitrogens with zero attached hydrogens (tertiary/aromatic N) is 5. The van der Waals surface area contributed by atoms with Crippen LogP contribution in [0.25, 0.3) is 16.2 Å². The third kappa shape index (κ3) is 6.32. The smallest absolute Gasteiger partial charge is 0.239 e. The number of benzene rings is 1. The first-order chi connectivity index (χ1) is 16.6. The van der Waals surface area contributed by atoms with E-state index in [9.17, 15) is 4.79 Å². The Labute approximate surface area is 212 Å². The van der Waals surface area contributed by atoms with E-state index in [1.807, 2.05) is 16.5 Å². The van der Waals surface area contributed by atoms with Crippen molar-refractivity contribution in [1.82, 2.24) is 24.8 Å². The van der Waals surface area contributed by atoms with Gasteiger partial charge in [-0.2, -0.15) is 4.52 Å². The van der Waals surface area contributed by atoms with Crippen LogP contribution in [0.4, 0.5) is 10.9 Å². The number of carbonyl (C=O) groups is 1. The van der Waals surface area contributed by atoms with Crippen LogP contribution in [-0.4, -0.2) is 70.2 Å². The number of hydrogen-bond acceptors (Lipinski definition) is 7. The number of aromatic nitrogens is 3. The fourth-order valence-corrected chi connectivity index (χ4v) is 5.30. The van der Waals surface area contributed by atoms with Crippen LogP contribution in [0.3, 0.4) is 0 Å². The number of hydrogen-bond donors (Lipinski definition) is 2. The molecule has 1 aliphatic heterocycles. The van der Waals surface area contributed by atoms with E-state index in [0.717, 1.165) is 40.3 Å². The van der Waals surface area contributed by atoms with Crippen LogP contribution in [-0.2, 0) is 4.79 Å². The Morgan fingerprint density at radius 1 is 1.23 bits per heavy atom. The maximum atomic E-state index is 12.6. The quantitative estimate of drug-likeness (QED) is 0.480. The minimum Gasteiger partial charge on any atom is -0.364 e. The molecule has 9 heteroatoms. The third-order valence-corrected chi connectivity index (χ3v) is 7.40. The lowest BCUT2D eigenvalue weighted by Gasteiger charge is -2.33. The minimum atomic E-state index is -0.156. The number of imidazole rings is 1. The SMILES string of the molecule is Cc1ccc(-c2nc3sc(N(C)CC(=O)NCCN4CCCC[C@H]4C)nn3c2NC(C)(C)C)cc1. The summed E-state index contributed by atoms with van der Waals surface area (Å²) in [4.78, 5) is 22.7. The number of aryl methyl sites for hydroxylation is 1. The monoisotopic (exact) mass is 497 g/mol. The Kier molecular flexibility index (Phi) is 7.66. The molecule has 3 aromatic rings. The van der Waals surface area contributed by atoms with Crippen molar-refractivity contribution in [2.24, 2.45) is 0 Å². The number of carbonyl (C=O) groups excluding carboxylic acids is 1. The molecule has 2 N–H and O–H groups in total. The molecule has 1 aromatic carbocycles. The lowest BCUT2D eigenvalue weighted by molar-refractivity contribution is -0.119. The van der Waals surface area contributed by atoms with Crippen LogP contribution < -0.4 is 15.5 Å². The molecule has 1 aliphatic rings. The Morgan fingerprint density at radius 3 is 2.66 bits per heavy atom. The molecule has 1 atom stereocenters. The van der Waals surface area contributed by atoms with Gasteiger partial charge in [-0.3, -0.25) is 9.69 Å². The summed E-state index contributed by atoms with van der Waals surface area (Å²) in [6.07, 6.45) is 3.82. The zero-order valence-corrected chi connectivity index (χ0v) is 22.7. The van der Waals surface area contributed by atoms with Gasteiger partial charge in [0.1, 0.15) is 5.69 Å². The summed E-state index contributed by atoms with van der Waals surface area (Å²) in [5.41, 5.74) is 3.00. The van der Waals surface area contributed by atoms with E-state index in [0.29, 0.717) is 12.6 Å². The van der Waals surface area contributed by atoms with Gasteiger partial charge in [0, 0.05) is 37.3 Å². The Bertz CT molecular complexity index is 1150. The molecule has 0 unspecified atom stereocenters. The first kappa shape index (κ1) is 25.4. The number of amides is 1. The van der Waals surface area contributed by atoms with E-state index >= 15 is 0 Å². The highest BCUT2D eigenvalue weighted by molar-refractivity contribution is 7.20. The normalized spacial score (nSPS) is 17.0. The number of anilines is 2. The van der Waals surface area contributed by atoms with Gasteiger partial charge < -0.3 is 15.5 Å². The molecule has 2 aromatic heterocycles. The highest BCUT2D eigenvalue weighted by atomic mass is 32.1. The van der Waals surface area contributed by atoms with Crippen LogP contribution in [0.5, 0.6) is 0 Å². The standard InChI is InChI=1S/C26H39N7OS/c1-18-10-12-20(13-11-18)22-23(29-26(3,4)5)33-24(28-22)35-25(30-33)31(6)17-21(34)27-14-16-32-15-8-7-9-19(32)2/h10-13,19,29H,7-9,14-17H2,1-6H3,(H,27,34)/t19-/m1/s1. The first-order valence-electron chi connectivity index (χ1n) is 12.6. The highest BCUT2D eigenvalue weighted by Gasteiger charge is 2.23. The topological polar surface area (TPSA) is 77.8 Å². The average Bonchev–Trinajstić information content (AvgIpc) is 3.34. The fourth-order valence-electron chi connectivity index (χ4n) is 4.44. The molecule has 1 saturated heterocycles. The summed E-state index contributed by atoms with van der Waals surface area (Å²) in [6, 6.07) is 8.99. The van der Waals surface area contributed by atoms with Crippen molar-refractivity contribution in [2.75, 3.05) is 43.4 Å². The third-order valence-electron chi connectivity index (χ3n) is 6.38. The Morgan fingerprint density at radius 2 is 1.97 bits per heavy atom. The number of nitrogens with one attached hydrogen (secondary N) is 2. The molecule has 4 rings (SSSR count). The summed E-state index contributed by atoms with van der Waals surface area (Å²) in [7, 11) is 1.91. The Hall–Kier alpha value is -2.65. The van der Waals surface area contributed by atoms with Crippen molar-refractivity contribution in [3.63, 3.8) is 0 Å². The molecule has 0 bridgehead atoms. The molecular weight excluding hydrogens is 458 g/mol. The second kappa shape index (κ2) is 10.5. The first-order valence-corrected chi connectivity index (χ1v) is 13.4. The van der Waals surface area contributed by atoms with E-state index in [4.69, 9.17) is 10.1 Å². The van der Waals surface area contributed by atoms with E-state index in [1.54, 1.807) is 0 Å². The maximum Gasteiger partial charge on any atom is 0.239 e. The van der Waals surface area contributed by atoms with Crippen molar-refractivity contribution >= 4 is 33.2 Å². The molecule has 1 amide bonds. The van der Waals surface area contributed by atoms with Gasteiger partial charge in [-0.15, -0.1) is 5.10 Å². The molecule has 8 nitrogen and oxygen atoms in total. The molecule has 3 heterocycles. The molecule has 35 heavy (non-hydrogen) atoms. The van der Waals surface area contributed by atoms with Crippen molar-refractivity contribution in [3.8, 4) is 11.3 Å². The van der Waals surface area contributed by atoms with Gasteiger partial charge in [0.15, 0.2) is 5.82 Å². The van der Waals surface area contributed by atoms with Gasteiger partial charge in [0.25, 0.3) is 0 Å². The van der Waals surface area contributed by atoms with Crippen molar-refractivity contribution in [2.45, 2.75) is 65.5 Å². The average molecular weight is 498 g/mol. The van der Waals surface area contributed by atoms with Gasteiger partial charge in [-0.25, -0.2) is 4.98 Å². The number of likely N-dealkylation sites (N-methyl/N-ethyl adjacent to an activating group) is 1. The molecule has 1 fully saturated rings. The largest absolute Gasteiger partial charge is 0.364 e. The fraction of sp³-hybridized carbons (Fsp3) is 0.577. The molecule has 0 spiro atoms. The van der Waals surface area contributed by atoms with Crippen LogP contribution >= 0.6 is 11.3 Å². The summed E-state index contributed by atoms with van der Waals surface area (Å²) in [5.74, 6) is 0.880. The Balaban J connectivity index is 1.45. The lowest BCUT2D eigenvalue weighted by Crippen LogP contribution is -2.44. The van der Waals surface area contributed by atoms with E-state index in [1.165, 1.54) is 36.2 Å². The van der Waals surface area contributed by atoms with Gasteiger partial charge in [-0.1, -0.05) is 47.6 Å². The summed E-state index contributed by atoms with van der Waals surface area (Å²) in [5, 5.41) is 12.2. The summed E-state index contributed by atoms with van der Waals surface area (Å²) in [6.45, 7) is 13.7. The molecule has 0 radical (unpaired) electrons. The van der Waals surface area contributed by atoms with E-state index in [2.05, 4.69) is 74.4 Å². The predicted octanol–water partition coefficient (Wildman–Crippen LogP) is 4.40. The second-order valence-corrected chi connectivity index (χ2v) is 11.7. The lowest BCUT2D eigenvalue weighted by atomic mass is 10.0. The second-order valence-electron chi connectivity index (χ2n) is 10.7. The van der Waals surface area contributed by atoms with E-state index in [-0.39, 0.29) is 18.0 Å². The number of likely N-dealkylation sites (tertiary alicyclic amines) is 1. The predicted molar refractivity (Wildman–Crippen MR) is 146 cm³/mol. The summed E-state index contributed by atoms with van der Waals surface area (Å²) >= 11 is 1.49. The van der Waals surface area contributed by atoms with Gasteiger partial charge in [0.05, 0.1) is 6.54 Å². The molecule has 190 valence electrons. The number of piperidine rings is 1. The van der Waals surface area contributed by atoms with Crippen molar-refractivity contribution in [3.05, 3.63) is 29.8 Å².